The third kappa shape index (κ3) is 3.49. The van der Waals surface area contributed by atoms with E-state index in [1.165, 1.54) is 6.20 Å². The third-order valence-electron chi connectivity index (χ3n) is 4.14. The highest BCUT2D eigenvalue weighted by Gasteiger charge is 2.31. The lowest BCUT2D eigenvalue weighted by Crippen LogP contribution is -2.42. The highest BCUT2D eigenvalue weighted by Crippen LogP contribution is 2.25. The van der Waals surface area contributed by atoms with Gasteiger partial charge in [0.15, 0.2) is 5.75 Å². The normalized spacial score (nSPS) is 20.4. The summed E-state index contributed by atoms with van der Waals surface area (Å²) in [5.74, 6) is 0.627. The summed E-state index contributed by atoms with van der Waals surface area (Å²) in [5, 5.41) is 15.0. The van der Waals surface area contributed by atoms with Gasteiger partial charge in [-0.1, -0.05) is 0 Å². The molecule has 1 aliphatic carbocycles. The molecular weight excluding hydrogens is 294 g/mol. The highest BCUT2D eigenvalue weighted by molar-refractivity contribution is 5.95. The van der Waals surface area contributed by atoms with Gasteiger partial charge in [-0.25, -0.2) is 0 Å². The first-order valence-electron chi connectivity index (χ1n) is 7.95. The fourth-order valence-corrected chi connectivity index (χ4v) is 2.87. The standard InChI is InChI=1S/C16H21N5O2/c1-3-21-10-12(9-18-21)23-15-6-4-5-14(15)19-16(22)13-7-8-17-20-11(13)2/h7-10,14-15H,3-6H2,1-2H3,(H,19,22)/t14-,15+/m0/s1. The van der Waals surface area contributed by atoms with Gasteiger partial charge in [-0.2, -0.15) is 15.3 Å². The Labute approximate surface area is 135 Å². The summed E-state index contributed by atoms with van der Waals surface area (Å²) in [6.45, 7) is 4.62. The summed E-state index contributed by atoms with van der Waals surface area (Å²) < 4.78 is 7.83. The summed E-state index contributed by atoms with van der Waals surface area (Å²) in [7, 11) is 0. The van der Waals surface area contributed by atoms with Gasteiger partial charge in [0, 0.05) is 6.54 Å². The second kappa shape index (κ2) is 6.76. The molecule has 122 valence electrons. The summed E-state index contributed by atoms with van der Waals surface area (Å²) in [5.41, 5.74) is 1.19. The van der Waals surface area contributed by atoms with Crippen LogP contribution in [0.5, 0.6) is 5.75 Å². The van der Waals surface area contributed by atoms with Crippen molar-refractivity contribution in [3.05, 3.63) is 35.9 Å². The van der Waals surface area contributed by atoms with Crippen molar-refractivity contribution in [1.29, 1.82) is 0 Å². The van der Waals surface area contributed by atoms with Crippen LogP contribution in [-0.4, -0.2) is 38.0 Å². The fourth-order valence-electron chi connectivity index (χ4n) is 2.87. The molecule has 7 nitrogen and oxygen atoms in total. The van der Waals surface area contributed by atoms with Crippen molar-refractivity contribution in [2.24, 2.45) is 0 Å². The zero-order chi connectivity index (χ0) is 16.2. The molecule has 2 aromatic heterocycles. The van der Waals surface area contributed by atoms with Gasteiger partial charge in [0.1, 0.15) is 6.10 Å². The number of nitrogens with zero attached hydrogens (tertiary/aromatic N) is 4. The number of hydrogen-bond donors (Lipinski definition) is 1. The van der Waals surface area contributed by atoms with E-state index in [-0.39, 0.29) is 18.1 Å². The molecule has 0 spiro atoms. The van der Waals surface area contributed by atoms with Crippen molar-refractivity contribution in [2.75, 3.05) is 0 Å². The van der Waals surface area contributed by atoms with Crippen LogP contribution in [0.15, 0.2) is 24.7 Å². The predicted octanol–water partition coefficient (Wildman–Crippen LogP) is 1.73. The maximum absolute atomic E-state index is 12.4. The minimum absolute atomic E-state index is 0.0000387. The first-order chi connectivity index (χ1) is 11.2. The van der Waals surface area contributed by atoms with Gasteiger partial charge in [0.05, 0.1) is 35.9 Å². The summed E-state index contributed by atoms with van der Waals surface area (Å²) in [6.07, 6.45) is 7.98. The van der Waals surface area contributed by atoms with Gasteiger partial charge in [-0.15, -0.1) is 0 Å². The topological polar surface area (TPSA) is 81.9 Å². The molecule has 1 N–H and O–H groups in total. The molecule has 1 saturated carbocycles. The largest absolute Gasteiger partial charge is 0.485 e. The first kappa shape index (κ1) is 15.5. The molecule has 0 aliphatic heterocycles. The molecule has 3 rings (SSSR count). The Balaban J connectivity index is 1.65. The molecule has 0 unspecified atom stereocenters. The first-order valence-corrected chi connectivity index (χ1v) is 7.95. The zero-order valence-corrected chi connectivity index (χ0v) is 13.4. The van der Waals surface area contributed by atoms with E-state index in [0.717, 1.165) is 31.6 Å². The number of nitrogens with one attached hydrogen (secondary N) is 1. The van der Waals surface area contributed by atoms with Gasteiger partial charge >= 0.3 is 0 Å². The van der Waals surface area contributed by atoms with Gasteiger partial charge in [-0.3, -0.25) is 9.48 Å². The molecule has 0 bridgehead atoms. The average Bonchev–Trinajstić information content (AvgIpc) is 3.18. The molecule has 2 heterocycles. The van der Waals surface area contributed by atoms with Crippen molar-refractivity contribution in [2.45, 2.75) is 51.8 Å². The van der Waals surface area contributed by atoms with E-state index < -0.39 is 0 Å². The Kier molecular flexibility index (Phi) is 4.55. The van der Waals surface area contributed by atoms with Crippen LogP contribution < -0.4 is 10.1 Å². The van der Waals surface area contributed by atoms with E-state index >= 15 is 0 Å². The van der Waals surface area contributed by atoms with Crippen LogP contribution in [0.1, 0.15) is 42.2 Å². The van der Waals surface area contributed by atoms with Crippen LogP contribution in [0, 0.1) is 6.92 Å². The lowest BCUT2D eigenvalue weighted by Gasteiger charge is -2.21. The molecule has 0 aromatic carbocycles. The predicted molar refractivity (Wildman–Crippen MR) is 84.2 cm³/mol. The minimum Gasteiger partial charge on any atom is -0.485 e. The van der Waals surface area contributed by atoms with Gasteiger partial charge in [0.2, 0.25) is 0 Å². The molecule has 23 heavy (non-hydrogen) atoms. The summed E-state index contributed by atoms with van der Waals surface area (Å²) in [4.78, 5) is 12.4. The van der Waals surface area contributed by atoms with Crippen LogP contribution >= 0.6 is 0 Å². The average molecular weight is 315 g/mol. The van der Waals surface area contributed by atoms with Gasteiger partial charge < -0.3 is 10.1 Å². The molecular formula is C16H21N5O2. The Bertz CT molecular complexity index is 685. The van der Waals surface area contributed by atoms with Crippen LogP contribution in [0.4, 0.5) is 0 Å². The van der Waals surface area contributed by atoms with E-state index in [9.17, 15) is 4.79 Å². The number of ether oxygens (including phenoxy) is 1. The number of carbonyl (C=O) groups is 1. The second-order valence-corrected chi connectivity index (χ2v) is 5.73. The summed E-state index contributed by atoms with van der Waals surface area (Å²) >= 11 is 0. The maximum atomic E-state index is 12.4. The van der Waals surface area contributed by atoms with E-state index in [1.54, 1.807) is 19.2 Å². The van der Waals surface area contributed by atoms with Crippen LogP contribution in [0.2, 0.25) is 0 Å². The van der Waals surface area contributed by atoms with E-state index in [0.29, 0.717) is 11.3 Å². The van der Waals surface area contributed by atoms with Crippen LogP contribution in [0.3, 0.4) is 0 Å². The molecule has 7 heteroatoms. The quantitative estimate of drug-likeness (QED) is 0.908. The second-order valence-electron chi connectivity index (χ2n) is 5.73. The molecule has 1 fully saturated rings. The van der Waals surface area contributed by atoms with Crippen molar-refractivity contribution in [3.8, 4) is 5.75 Å². The third-order valence-corrected chi connectivity index (χ3v) is 4.14. The molecule has 0 radical (unpaired) electrons. The Hall–Kier alpha value is -2.44. The lowest BCUT2D eigenvalue weighted by molar-refractivity contribution is 0.0892. The molecule has 1 aliphatic rings. The Morgan fingerprint density at radius 1 is 1.48 bits per heavy atom. The number of rotatable bonds is 5. The SMILES string of the molecule is CCn1cc(O[C@@H]2CCC[C@@H]2NC(=O)c2ccnnc2C)cn1. The number of amides is 1. The van der Waals surface area contributed by atoms with E-state index in [4.69, 9.17) is 4.74 Å². The van der Waals surface area contributed by atoms with Gasteiger partial charge in [0.25, 0.3) is 5.91 Å². The lowest BCUT2D eigenvalue weighted by atomic mass is 10.1. The Morgan fingerprint density at radius 2 is 2.35 bits per heavy atom. The van der Waals surface area contributed by atoms with E-state index in [1.807, 2.05) is 17.8 Å². The van der Waals surface area contributed by atoms with Crippen molar-refractivity contribution in [3.63, 3.8) is 0 Å². The van der Waals surface area contributed by atoms with E-state index in [2.05, 4.69) is 20.6 Å². The number of hydrogen-bond acceptors (Lipinski definition) is 5. The fraction of sp³-hybridized carbons (Fsp3) is 0.500. The summed E-state index contributed by atoms with van der Waals surface area (Å²) in [6, 6.07) is 1.69. The van der Waals surface area contributed by atoms with Crippen LogP contribution in [-0.2, 0) is 6.54 Å². The molecule has 2 aromatic rings. The Morgan fingerprint density at radius 3 is 3.09 bits per heavy atom. The number of carbonyl (C=O) groups excluding carboxylic acids is 1. The van der Waals surface area contributed by atoms with Gasteiger partial charge in [-0.05, 0) is 39.2 Å². The monoisotopic (exact) mass is 315 g/mol. The maximum Gasteiger partial charge on any atom is 0.253 e. The number of aryl methyl sites for hydroxylation is 2. The highest BCUT2D eigenvalue weighted by atomic mass is 16.5. The van der Waals surface area contributed by atoms with Crippen molar-refractivity contribution < 1.29 is 9.53 Å². The zero-order valence-electron chi connectivity index (χ0n) is 13.4. The molecule has 1 amide bonds. The minimum atomic E-state index is -0.123. The number of aromatic nitrogens is 4. The smallest absolute Gasteiger partial charge is 0.253 e. The van der Waals surface area contributed by atoms with Crippen molar-refractivity contribution >= 4 is 5.91 Å². The molecule has 2 atom stereocenters. The molecule has 0 saturated heterocycles. The van der Waals surface area contributed by atoms with Crippen LogP contribution in [0.25, 0.3) is 0 Å². The van der Waals surface area contributed by atoms with Crippen molar-refractivity contribution in [1.82, 2.24) is 25.3 Å².